The molecule has 0 bridgehead atoms. The molecule has 0 radical (unpaired) electrons. The summed E-state index contributed by atoms with van der Waals surface area (Å²) in [7, 11) is -2.40. The standard InChI is InChI=1S/C46H60F2N6O8S2/c1-27(2)35-25-63-42(50-35)34-23-38(32-16-17-37(61-6)29(4)40(32)49-34)62-30-21-36-41(56)51-45(5,44(58)52-64(59,60)31-14-15-31)18-11-9-7-8-10-13-28(3)33(43(57)54(36)24-30)22-39(55)53-20-12-19-46(47,48)26-53/h9,11,16-17,23,25,27-28,30-31,33,36H,7-8,10,12-15,18-22,24,26H2,1-6H3,(H,51,56)(H,52,58)/b11-9-/t28?,30?,33-,36-,45+/m0/s1. The number of carbonyl (C=O) groups is 4. The van der Waals surface area contributed by atoms with Crippen LogP contribution in [0.25, 0.3) is 21.6 Å². The van der Waals surface area contributed by atoms with Gasteiger partial charge in [0, 0.05) is 54.1 Å². The molecule has 18 heteroatoms. The van der Waals surface area contributed by atoms with Gasteiger partial charge in [0.15, 0.2) is 0 Å². The second-order valence-electron chi connectivity index (χ2n) is 18.5. The third-order valence-corrected chi connectivity index (χ3v) is 15.8. The third-order valence-electron chi connectivity index (χ3n) is 13.1. The highest BCUT2D eigenvalue weighted by Crippen LogP contribution is 2.39. The molecule has 3 fully saturated rings. The molecular formula is C46H60F2N6O8S2. The first-order chi connectivity index (χ1) is 30.3. The van der Waals surface area contributed by atoms with Crippen LogP contribution in [0.4, 0.5) is 8.78 Å². The maximum atomic E-state index is 15.1. The highest BCUT2D eigenvalue weighted by atomic mass is 32.2. The number of carbonyl (C=O) groups excluding carboxylic acids is 4. The summed E-state index contributed by atoms with van der Waals surface area (Å²) in [5.41, 5.74) is 1.12. The Labute approximate surface area is 378 Å². The number of aryl methyl sites for hydroxylation is 1. The number of hydrogen-bond donors (Lipinski definition) is 2. The van der Waals surface area contributed by atoms with E-state index >= 15 is 4.79 Å². The van der Waals surface area contributed by atoms with Gasteiger partial charge in [0.1, 0.15) is 39.9 Å². The molecule has 5 atom stereocenters. The maximum Gasteiger partial charge on any atom is 0.265 e. The van der Waals surface area contributed by atoms with Crippen molar-refractivity contribution in [1.29, 1.82) is 0 Å². The van der Waals surface area contributed by atoms with Crippen molar-refractivity contribution < 1.29 is 45.9 Å². The summed E-state index contributed by atoms with van der Waals surface area (Å²) in [4.78, 5) is 70.0. The molecule has 1 aromatic carbocycles. The van der Waals surface area contributed by atoms with E-state index < -0.39 is 75.0 Å². The van der Waals surface area contributed by atoms with E-state index in [0.29, 0.717) is 71.6 Å². The van der Waals surface area contributed by atoms with E-state index in [1.54, 1.807) is 19.3 Å². The van der Waals surface area contributed by atoms with Crippen LogP contribution in [0.1, 0.15) is 115 Å². The minimum atomic E-state index is -3.98. The number of nitrogens with one attached hydrogen (secondary N) is 2. The van der Waals surface area contributed by atoms with Gasteiger partial charge in [-0.3, -0.25) is 23.9 Å². The summed E-state index contributed by atoms with van der Waals surface area (Å²) in [5.74, 6) is -5.78. The highest BCUT2D eigenvalue weighted by molar-refractivity contribution is 7.91. The number of ether oxygens (including phenoxy) is 2. The number of pyridine rings is 1. The Morgan fingerprint density at radius 3 is 2.53 bits per heavy atom. The number of likely N-dealkylation sites (tertiary alicyclic amines) is 1. The van der Waals surface area contributed by atoms with Crippen LogP contribution in [-0.2, 0) is 29.2 Å². The van der Waals surface area contributed by atoms with Crippen molar-refractivity contribution in [2.75, 3.05) is 26.7 Å². The Morgan fingerprint density at radius 1 is 1.08 bits per heavy atom. The predicted molar refractivity (Wildman–Crippen MR) is 240 cm³/mol. The average Bonchev–Trinajstić information content (AvgIpc) is 3.85. The predicted octanol–water partition coefficient (Wildman–Crippen LogP) is 7.05. The fourth-order valence-electron chi connectivity index (χ4n) is 8.90. The number of sulfonamides is 1. The Balaban J connectivity index is 1.26. The first kappa shape index (κ1) is 47.3. The number of piperidine rings is 1. The fourth-order valence-corrected chi connectivity index (χ4v) is 11.2. The van der Waals surface area contributed by atoms with Gasteiger partial charge in [-0.15, -0.1) is 11.3 Å². The van der Waals surface area contributed by atoms with Crippen molar-refractivity contribution in [3.8, 4) is 22.2 Å². The van der Waals surface area contributed by atoms with Crippen molar-refractivity contribution in [2.45, 2.75) is 140 Å². The topological polar surface area (TPSA) is 177 Å². The minimum absolute atomic E-state index is 0.0246. The molecule has 3 aromatic rings. The number of thiazole rings is 1. The summed E-state index contributed by atoms with van der Waals surface area (Å²) >= 11 is 1.45. The lowest BCUT2D eigenvalue weighted by Crippen LogP contribution is -2.61. The van der Waals surface area contributed by atoms with Gasteiger partial charge in [-0.25, -0.2) is 27.2 Å². The number of rotatable bonds is 10. The van der Waals surface area contributed by atoms with Crippen molar-refractivity contribution >= 4 is 55.9 Å². The molecule has 14 nitrogen and oxygen atoms in total. The molecule has 3 aliphatic heterocycles. The fraction of sp³-hybridized carbons (Fsp3) is 0.609. The summed E-state index contributed by atoms with van der Waals surface area (Å²) in [5, 5.41) is 5.47. The molecule has 2 N–H and O–H groups in total. The Hall–Kier alpha value is -4.71. The van der Waals surface area contributed by atoms with Gasteiger partial charge < -0.3 is 24.6 Å². The van der Waals surface area contributed by atoms with Crippen LogP contribution in [0.5, 0.6) is 11.5 Å². The Kier molecular flexibility index (Phi) is 14.0. The minimum Gasteiger partial charge on any atom is -0.496 e. The number of nitrogens with zero attached hydrogens (tertiary/aromatic N) is 4. The zero-order valence-corrected chi connectivity index (χ0v) is 39.1. The van der Waals surface area contributed by atoms with Crippen molar-refractivity contribution in [3.63, 3.8) is 0 Å². The Bertz CT molecular complexity index is 2400. The highest BCUT2D eigenvalue weighted by Gasteiger charge is 2.48. The average molecular weight is 927 g/mol. The van der Waals surface area contributed by atoms with Gasteiger partial charge in [0.2, 0.25) is 27.7 Å². The molecule has 2 aromatic heterocycles. The summed E-state index contributed by atoms with van der Waals surface area (Å²) < 4.78 is 69.7. The van der Waals surface area contributed by atoms with Crippen LogP contribution in [0.2, 0.25) is 0 Å². The van der Waals surface area contributed by atoms with Gasteiger partial charge in [0.25, 0.3) is 11.8 Å². The number of methoxy groups -OCH3 is 1. The molecule has 5 heterocycles. The molecule has 0 spiro atoms. The molecule has 7 rings (SSSR count). The third kappa shape index (κ3) is 10.5. The van der Waals surface area contributed by atoms with E-state index in [1.807, 2.05) is 37.4 Å². The smallest absolute Gasteiger partial charge is 0.265 e. The first-order valence-corrected chi connectivity index (χ1v) is 24.8. The van der Waals surface area contributed by atoms with Crippen LogP contribution >= 0.6 is 11.3 Å². The number of benzene rings is 1. The SMILES string of the molecule is COc1ccc2c(OC3C[C@H]4C(=O)N[C@@](C)(C(=O)NS(=O)(=O)C5CC5)C/C=C\CCCCC(C)[C@H](CC(=O)N5CCCC(F)(F)C5)C(=O)N4C3)cc(-c3nc(C(C)C)cs3)nc2c1C. The molecule has 4 aliphatic rings. The van der Waals surface area contributed by atoms with E-state index in [9.17, 15) is 31.6 Å². The zero-order chi connectivity index (χ0) is 46.1. The normalized spacial score (nSPS) is 26.5. The lowest BCUT2D eigenvalue weighted by Gasteiger charge is -2.36. The number of halogens is 2. The van der Waals surface area contributed by atoms with E-state index in [1.165, 1.54) is 23.2 Å². The zero-order valence-electron chi connectivity index (χ0n) is 37.5. The lowest BCUT2D eigenvalue weighted by molar-refractivity contribution is -0.150. The molecule has 1 aliphatic carbocycles. The van der Waals surface area contributed by atoms with Crippen LogP contribution in [0, 0.1) is 18.8 Å². The van der Waals surface area contributed by atoms with E-state index in [-0.39, 0.29) is 57.0 Å². The summed E-state index contributed by atoms with van der Waals surface area (Å²) in [6.07, 6.45) is 5.73. The lowest BCUT2D eigenvalue weighted by atomic mass is 9.84. The number of amides is 4. The molecular weight excluding hydrogens is 867 g/mol. The summed E-state index contributed by atoms with van der Waals surface area (Å²) in [6.45, 7) is 8.69. The molecule has 4 amide bonds. The van der Waals surface area contributed by atoms with Gasteiger partial charge in [0.05, 0.1) is 36.7 Å². The van der Waals surface area contributed by atoms with Crippen molar-refractivity contribution in [1.82, 2.24) is 29.8 Å². The monoisotopic (exact) mass is 926 g/mol. The largest absolute Gasteiger partial charge is 0.496 e. The molecule has 2 unspecified atom stereocenters. The second kappa shape index (κ2) is 19.0. The Morgan fingerprint density at radius 2 is 1.84 bits per heavy atom. The van der Waals surface area contributed by atoms with Crippen molar-refractivity contribution in [3.05, 3.63) is 47.0 Å². The van der Waals surface area contributed by atoms with Gasteiger partial charge >= 0.3 is 0 Å². The maximum absolute atomic E-state index is 15.1. The number of fused-ring (bicyclic) bond motifs is 2. The number of allylic oxidation sites excluding steroid dienone is 1. The van der Waals surface area contributed by atoms with Crippen LogP contribution < -0.4 is 19.5 Å². The molecule has 2 saturated heterocycles. The second-order valence-corrected chi connectivity index (χ2v) is 21.3. The number of hydrogen-bond acceptors (Lipinski definition) is 11. The van der Waals surface area contributed by atoms with Crippen LogP contribution in [-0.4, -0.2) is 107 Å². The molecule has 64 heavy (non-hydrogen) atoms. The van der Waals surface area contributed by atoms with Gasteiger partial charge in [-0.2, -0.15) is 0 Å². The van der Waals surface area contributed by atoms with E-state index in [2.05, 4.69) is 23.9 Å². The number of alkyl halides is 2. The van der Waals surface area contributed by atoms with Crippen molar-refractivity contribution in [2.24, 2.45) is 11.8 Å². The quantitative estimate of drug-likeness (QED) is 0.200. The van der Waals surface area contributed by atoms with E-state index in [0.717, 1.165) is 16.2 Å². The van der Waals surface area contributed by atoms with E-state index in [4.69, 9.17) is 19.4 Å². The van der Waals surface area contributed by atoms with Crippen LogP contribution in [0.3, 0.4) is 0 Å². The first-order valence-electron chi connectivity index (χ1n) is 22.4. The molecule has 1 saturated carbocycles. The number of aromatic nitrogens is 2. The van der Waals surface area contributed by atoms with Gasteiger partial charge in [-0.1, -0.05) is 39.3 Å². The van der Waals surface area contributed by atoms with Crippen LogP contribution in [0.15, 0.2) is 35.7 Å². The molecule has 348 valence electrons. The summed E-state index contributed by atoms with van der Waals surface area (Å²) in [6, 6.07) is 4.22. The van der Waals surface area contributed by atoms with Gasteiger partial charge in [-0.05, 0) is 82.8 Å².